The topological polar surface area (TPSA) is 72.2 Å². The Morgan fingerprint density at radius 1 is 1.26 bits per heavy atom. The number of aryl methyl sites for hydroxylation is 2. The summed E-state index contributed by atoms with van der Waals surface area (Å²) in [4.78, 5) is 22.6. The van der Waals surface area contributed by atoms with Crippen molar-refractivity contribution in [3.05, 3.63) is 63.1 Å². The molecule has 1 heterocycles. The average Bonchev–Trinajstić information content (AvgIpc) is 2.36. The lowest BCUT2D eigenvalue weighted by atomic mass is 10.1. The molecular weight excluding hydrogens is 244 g/mol. The molecule has 0 aliphatic rings. The maximum Gasteiger partial charge on any atom is 0.356 e. The van der Waals surface area contributed by atoms with Crippen molar-refractivity contribution in [3.8, 4) is 0 Å². The minimum atomic E-state index is -1.14. The van der Waals surface area contributed by atoms with Crippen LogP contribution in [0.25, 0.3) is 0 Å². The Labute approximate surface area is 110 Å². The number of carboxylic acids is 1. The first-order valence-corrected chi connectivity index (χ1v) is 5.85. The number of rotatable bonds is 3. The molecule has 1 aromatic heterocycles. The van der Waals surface area contributed by atoms with E-state index in [1.165, 1.54) is 16.8 Å². The van der Waals surface area contributed by atoms with Crippen molar-refractivity contribution in [1.82, 2.24) is 9.78 Å². The van der Waals surface area contributed by atoms with Crippen LogP contribution in [0.5, 0.6) is 0 Å². The van der Waals surface area contributed by atoms with E-state index in [2.05, 4.69) is 5.10 Å². The SMILES string of the molecule is Cc1ccc(C)c(Cn2nc(C(=O)O)ccc2=O)c1. The van der Waals surface area contributed by atoms with Crippen LogP contribution in [0.2, 0.25) is 0 Å². The molecule has 0 saturated carbocycles. The minimum Gasteiger partial charge on any atom is -0.476 e. The summed E-state index contributed by atoms with van der Waals surface area (Å²) in [5.41, 5.74) is 2.64. The largest absolute Gasteiger partial charge is 0.476 e. The molecule has 5 heteroatoms. The Morgan fingerprint density at radius 3 is 2.68 bits per heavy atom. The molecule has 0 fully saturated rings. The fourth-order valence-electron chi connectivity index (χ4n) is 1.81. The summed E-state index contributed by atoms with van der Waals surface area (Å²) in [5, 5.41) is 12.7. The number of nitrogens with zero attached hydrogens (tertiary/aromatic N) is 2. The van der Waals surface area contributed by atoms with Crippen molar-refractivity contribution in [1.29, 1.82) is 0 Å². The molecule has 19 heavy (non-hydrogen) atoms. The molecule has 0 aliphatic heterocycles. The van der Waals surface area contributed by atoms with Crippen molar-refractivity contribution in [2.24, 2.45) is 0 Å². The quantitative estimate of drug-likeness (QED) is 0.907. The van der Waals surface area contributed by atoms with Crippen LogP contribution in [-0.4, -0.2) is 20.9 Å². The third-order valence-electron chi connectivity index (χ3n) is 2.91. The van der Waals surface area contributed by atoms with Crippen molar-refractivity contribution < 1.29 is 9.90 Å². The van der Waals surface area contributed by atoms with Crippen LogP contribution < -0.4 is 5.56 Å². The lowest BCUT2D eigenvalue weighted by Crippen LogP contribution is -2.25. The predicted octanol–water partition coefficient (Wildman–Crippen LogP) is 1.61. The third-order valence-corrected chi connectivity index (χ3v) is 2.91. The molecule has 0 aliphatic carbocycles. The molecule has 0 bridgehead atoms. The van der Waals surface area contributed by atoms with E-state index >= 15 is 0 Å². The summed E-state index contributed by atoms with van der Waals surface area (Å²) in [5.74, 6) is -1.14. The van der Waals surface area contributed by atoms with Crippen molar-refractivity contribution in [2.45, 2.75) is 20.4 Å². The van der Waals surface area contributed by atoms with E-state index in [0.717, 1.165) is 16.7 Å². The maximum absolute atomic E-state index is 11.7. The van der Waals surface area contributed by atoms with Crippen LogP contribution >= 0.6 is 0 Å². The average molecular weight is 258 g/mol. The second kappa shape index (κ2) is 5.06. The number of carbonyl (C=O) groups is 1. The molecule has 0 spiro atoms. The van der Waals surface area contributed by atoms with Crippen molar-refractivity contribution >= 4 is 5.97 Å². The van der Waals surface area contributed by atoms with Crippen LogP contribution in [0.4, 0.5) is 0 Å². The van der Waals surface area contributed by atoms with Gasteiger partial charge in [-0.25, -0.2) is 9.48 Å². The number of hydrogen-bond donors (Lipinski definition) is 1. The Bertz CT molecular complexity index is 689. The second-order valence-electron chi connectivity index (χ2n) is 4.45. The maximum atomic E-state index is 11.7. The zero-order valence-electron chi connectivity index (χ0n) is 10.8. The Hall–Kier alpha value is -2.43. The van der Waals surface area contributed by atoms with E-state index < -0.39 is 5.97 Å². The third kappa shape index (κ3) is 2.88. The predicted molar refractivity (Wildman–Crippen MR) is 70.5 cm³/mol. The standard InChI is InChI=1S/C14H14N2O3/c1-9-3-4-10(2)11(7-9)8-16-13(17)6-5-12(15-16)14(18)19/h3-7H,8H2,1-2H3,(H,18,19). The van der Waals surface area contributed by atoms with Gasteiger partial charge < -0.3 is 5.11 Å². The monoisotopic (exact) mass is 258 g/mol. The van der Waals surface area contributed by atoms with Gasteiger partial charge in [-0.3, -0.25) is 4.79 Å². The summed E-state index contributed by atoms with van der Waals surface area (Å²) in [6.07, 6.45) is 0. The Kier molecular flexibility index (Phi) is 3.46. The van der Waals surface area contributed by atoms with Crippen LogP contribution in [0.15, 0.2) is 35.1 Å². The summed E-state index contributed by atoms with van der Waals surface area (Å²) >= 11 is 0. The lowest BCUT2D eigenvalue weighted by molar-refractivity contribution is 0.0687. The van der Waals surface area contributed by atoms with Gasteiger partial charge in [0.2, 0.25) is 0 Å². The molecule has 2 aromatic rings. The van der Waals surface area contributed by atoms with Crippen LogP contribution in [-0.2, 0) is 6.54 Å². The number of carboxylic acid groups (broad SMARTS) is 1. The van der Waals surface area contributed by atoms with Gasteiger partial charge >= 0.3 is 5.97 Å². The Balaban J connectivity index is 2.43. The highest BCUT2D eigenvalue weighted by Crippen LogP contribution is 2.11. The summed E-state index contributed by atoms with van der Waals surface area (Å²) in [6, 6.07) is 8.36. The van der Waals surface area contributed by atoms with Gasteiger partial charge in [0.25, 0.3) is 5.56 Å². The van der Waals surface area contributed by atoms with Gasteiger partial charge in [-0.05, 0) is 31.0 Å². The van der Waals surface area contributed by atoms with Crippen LogP contribution in [0.3, 0.4) is 0 Å². The van der Waals surface area contributed by atoms with Gasteiger partial charge in [0, 0.05) is 6.07 Å². The smallest absolute Gasteiger partial charge is 0.356 e. The molecule has 0 atom stereocenters. The second-order valence-corrected chi connectivity index (χ2v) is 4.45. The van der Waals surface area contributed by atoms with Crippen molar-refractivity contribution in [3.63, 3.8) is 0 Å². The summed E-state index contributed by atoms with van der Waals surface area (Å²) < 4.78 is 1.17. The first kappa shape index (κ1) is 13.0. The first-order valence-electron chi connectivity index (χ1n) is 5.85. The molecule has 0 amide bonds. The van der Waals surface area contributed by atoms with E-state index in [0.29, 0.717) is 0 Å². The van der Waals surface area contributed by atoms with Gasteiger partial charge in [0.05, 0.1) is 6.54 Å². The molecule has 0 saturated heterocycles. The fraction of sp³-hybridized carbons (Fsp3) is 0.214. The zero-order valence-corrected chi connectivity index (χ0v) is 10.8. The van der Waals surface area contributed by atoms with Crippen LogP contribution in [0, 0.1) is 13.8 Å². The molecule has 0 radical (unpaired) electrons. The molecule has 98 valence electrons. The molecular formula is C14H14N2O3. The van der Waals surface area contributed by atoms with E-state index in [-0.39, 0.29) is 17.8 Å². The minimum absolute atomic E-state index is 0.134. The lowest BCUT2D eigenvalue weighted by Gasteiger charge is -2.09. The Morgan fingerprint density at radius 2 is 2.00 bits per heavy atom. The highest BCUT2D eigenvalue weighted by molar-refractivity contribution is 5.84. The molecule has 1 aromatic carbocycles. The van der Waals surface area contributed by atoms with Crippen molar-refractivity contribution in [2.75, 3.05) is 0 Å². The van der Waals surface area contributed by atoms with Gasteiger partial charge in [0.1, 0.15) is 0 Å². The van der Waals surface area contributed by atoms with Gasteiger partial charge in [0.15, 0.2) is 5.69 Å². The van der Waals surface area contributed by atoms with Gasteiger partial charge in [-0.2, -0.15) is 5.10 Å². The van der Waals surface area contributed by atoms with E-state index in [9.17, 15) is 9.59 Å². The number of benzene rings is 1. The van der Waals surface area contributed by atoms with E-state index in [1.807, 2.05) is 32.0 Å². The summed E-state index contributed by atoms with van der Waals surface area (Å²) in [7, 11) is 0. The number of aromatic carboxylic acids is 1. The zero-order chi connectivity index (χ0) is 14.0. The van der Waals surface area contributed by atoms with E-state index in [1.54, 1.807) is 0 Å². The van der Waals surface area contributed by atoms with Gasteiger partial charge in [-0.1, -0.05) is 23.8 Å². The first-order chi connectivity index (χ1) is 8.97. The summed E-state index contributed by atoms with van der Waals surface area (Å²) in [6.45, 7) is 4.18. The normalized spacial score (nSPS) is 10.4. The number of hydrogen-bond acceptors (Lipinski definition) is 3. The molecule has 1 N–H and O–H groups in total. The molecule has 2 rings (SSSR count). The van der Waals surface area contributed by atoms with Gasteiger partial charge in [-0.15, -0.1) is 0 Å². The molecule has 5 nitrogen and oxygen atoms in total. The van der Waals surface area contributed by atoms with Crippen LogP contribution in [0.1, 0.15) is 27.2 Å². The molecule has 0 unspecified atom stereocenters. The number of aromatic nitrogens is 2. The fourth-order valence-corrected chi connectivity index (χ4v) is 1.81. The highest BCUT2D eigenvalue weighted by atomic mass is 16.4. The van der Waals surface area contributed by atoms with E-state index in [4.69, 9.17) is 5.11 Å². The highest BCUT2D eigenvalue weighted by Gasteiger charge is 2.08.